The second-order valence-electron chi connectivity index (χ2n) is 11.4. The standard InChI is InChI=1S/C32H38F3N5O2/c1-21(27-6-3-4-7-29(27)36)23-13-16-38(17-14-23)18-26(42)19-40-30-8-5-15-39(22(2)41)20-28(30)31(37-40)24-9-11-25(12-10-24)32(33,34)35/h3-4,6-7,9-12,23,26,42H,1,5,8,13-20,36H2,2H3. The molecule has 0 saturated carbocycles. The molecule has 0 aliphatic carbocycles. The number of aromatic nitrogens is 2. The van der Waals surface area contributed by atoms with Crippen molar-refractivity contribution < 1.29 is 23.1 Å². The lowest BCUT2D eigenvalue weighted by molar-refractivity contribution is -0.137. The highest BCUT2D eigenvalue weighted by Gasteiger charge is 2.31. The largest absolute Gasteiger partial charge is 0.416 e. The molecule has 224 valence electrons. The molecule has 1 fully saturated rings. The highest BCUT2D eigenvalue weighted by molar-refractivity contribution is 5.75. The molecule has 7 nitrogen and oxygen atoms in total. The van der Waals surface area contributed by atoms with Crippen LogP contribution >= 0.6 is 0 Å². The van der Waals surface area contributed by atoms with Crippen molar-refractivity contribution in [1.82, 2.24) is 19.6 Å². The van der Waals surface area contributed by atoms with E-state index in [9.17, 15) is 23.1 Å². The van der Waals surface area contributed by atoms with Gasteiger partial charge in [0.05, 0.1) is 23.9 Å². The number of aliphatic hydroxyl groups is 1. The number of alkyl halides is 3. The van der Waals surface area contributed by atoms with E-state index in [1.54, 1.807) is 9.58 Å². The Kier molecular flexibility index (Phi) is 8.75. The second kappa shape index (κ2) is 12.3. The zero-order chi connectivity index (χ0) is 30.0. The van der Waals surface area contributed by atoms with Gasteiger partial charge in [-0.3, -0.25) is 9.48 Å². The number of nitrogens with zero attached hydrogens (tertiary/aromatic N) is 4. The quantitative estimate of drug-likeness (QED) is 0.373. The number of likely N-dealkylation sites (tertiary alicyclic amines) is 1. The number of carbonyl (C=O) groups excluding carboxylic acids is 1. The normalized spacial score (nSPS) is 17.5. The molecule has 0 bridgehead atoms. The Labute approximate surface area is 244 Å². The van der Waals surface area contributed by atoms with E-state index in [0.29, 0.717) is 43.2 Å². The molecule has 1 aromatic heterocycles. The molecule has 3 heterocycles. The molecule has 2 aliphatic rings. The van der Waals surface area contributed by atoms with Crippen LogP contribution in [0.4, 0.5) is 18.9 Å². The maximum absolute atomic E-state index is 13.2. The summed E-state index contributed by atoms with van der Waals surface area (Å²) in [5, 5.41) is 15.9. The maximum Gasteiger partial charge on any atom is 0.416 e. The van der Waals surface area contributed by atoms with Crippen molar-refractivity contribution >= 4 is 17.2 Å². The van der Waals surface area contributed by atoms with Gasteiger partial charge < -0.3 is 20.6 Å². The SMILES string of the molecule is C=C(c1ccccc1N)C1CCN(CC(O)Cn2nc(-c3ccc(C(F)(F)F)cc3)c3c2CCCN(C(C)=O)C3)CC1. The molecule has 0 spiro atoms. The van der Waals surface area contributed by atoms with Crippen LogP contribution < -0.4 is 5.73 Å². The lowest BCUT2D eigenvalue weighted by atomic mass is 9.85. The third-order valence-electron chi connectivity index (χ3n) is 8.53. The van der Waals surface area contributed by atoms with E-state index in [1.165, 1.54) is 19.1 Å². The van der Waals surface area contributed by atoms with Gasteiger partial charge in [0.25, 0.3) is 0 Å². The van der Waals surface area contributed by atoms with Gasteiger partial charge in [-0.15, -0.1) is 0 Å². The van der Waals surface area contributed by atoms with Gasteiger partial charge in [-0.2, -0.15) is 18.3 Å². The monoisotopic (exact) mass is 581 g/mol. The molecule has 5 rings (SSSR count). The van der Waals surface area contributed by atoms with Crippen LogP contribution in [0.5, 0.6) is 0 Å². The van der Waals surface area contributed by atoms with Crippen molar-refractivity contribution in [3.63, 3.8) is 0 Å². The number of piperidine rings is 1. The number of hydrogen-bond acceptors (Lipinski definition) is 5. The number of fused-ring (bicyclic) bond motifs is 1. The molecule has 1 atom stereocenters. The lowest BCUT2D eigenvalue weighted by Gasteiger charge is -2.34. The summed E-state index contributed by atoms with van der Waals surface area (Å²) in [7, 11) is 0. The van der Waals surface area contributed by atoms with Crippen LogP contribution in [0.2, 0.25) is 0 Å². The summed E-state index contributed by atoms with van der Waals surface area (Å²) in [6, 6.07) is 12.8. The summed E-state index contributed by atoms with van der Waals surface area (Å²) in [5.74, 6) is 0.274. The summed E-state index contributed by atoms with van der Waals surface area (Å²) < 4.78 is 41.3. The first-order chi connectivity index (χ1) is 20.0. The van der Waals surface area contributed by atoms with Crippen LogP contribution in [-0.4, -0.2) is 62.9 Å². The van der Waals surface area contributed by atoms with E-state index >= 15 is 0 Å². The zero-order valence-corrected chi connectivity index (χ0v) is 23.9. The van der Waals surface area contributed by atoms with E-state index in [1.807, 2.05) is 24.3 Å². The molecule has 3 N–H and O–H groups in total. The first-order valence-corrected chi connectivity index (χ1v) is 14.5. The molecule has 1 saturated heterocycles. The van der Waals surface area contributed by atoms with Crippen LogP contribution in [0, 0.1) is 5.92 Å². The number of nitrogen functional groups attached to an aromatic ring is 1. The number of β-amino-alcohol motifs (C(OH)–C–C–N with tert-alkyl or cyclic N) is 1. The number of para-hydroxylation sites is 1. The minimum Gasteiger partial charge on any atom is -0.398 e. The van der Waals surface area contributed by atoms with Gasteiger partial charge in [0.15, 0.2) is 0 Å². The molecule has 1 unspecified atom stereocenters. The Morgan fingerprint density at radius 3 is 2.43 bits per heavy atom. The molecule has 3 aromatic rings. The Morgan fingerprint density at radius 2 is 1.79 bits per heavy atom. The minimum atomic E-state index is -4.43. The third kappa shape index (κ3) is 6.55. The van der Waals surface area contributed by atoms with Gasteiger partial charge in [-0.1, -0.05) is 36.9 Å². The summed E-state index contributed by atoms with van der Waals surface area (Å²) in [5.41, 5.74) is 11.1. The van der Waals surface area contributed by atoms with E-state index in [0.717, 1.165) is 72.6 Å². The van der Waals surface area contributed by atoms with E-state index in [-0.39, 0.29) is 12.5 Å². The van der Waals surface area contributed by atoms with Gasteiger partial charge in [-0.05, 0) is 68.5 Å². The fourth-order valence-electron chi connectivity index (χ4n) is 6.18. The van der Waals surface area contributed by atoms with Crippen molar-refractivity contribution in [2.75, 3.05) is 31.9 Å². The number of allylic oxidation sites excluding steroid dienone is 1. The lowest BCUT2D eigenvalue weighted by Crippen LogP contribution is -2.40. The van der Waals surface area contributed by atoms with Gasteiger partial charge in [0, 0.05) is 54.6 Å². The van der Waals surface area contributed by atoms with E-state index in [2.05, 4.69) is 11.5 Å². The van der Waals surface area contributed by atoms with Crippen molar-refractivity contribution in [3.05, 3.63) is 77.5 Å². The van der Waals surface area contributed by atoms with Gasteiger partial charge in [0.2, 0.25) is 5.91 Å². The molecular weight excluding hydrogens is 543 g/mol. The first-order valence-electron chi connectivity index (χ1n) is 14.5. The maximum atomic E-state index is 13.2. The third-order valence-corrected chi connectivity index (χ3v) is 8.53. The molecule has 1 amide bonds. The number of rotatable bonds is 7. The number of nitrogens with two attached hydrogens (primary N) is 1. The number of amides is 1. The number of carbonyl (C=O) groups is 1. The fraction of sp³-hybridized carbons (Fsp3) is 0.438. The average molecular weight is 582 g/mol. The summed E-state index contributed by atoms with van der Waals surface area (Å²) in [6.45, 7) is 9.16. The highest BCUT2D eigenvalue weighted by Crippen LogP contribution is 2.35. The smallest absolute Gasteiger partial charge is 0.398 e. The van der Waals surface area contributed by atoms with E-state index < -0.39 is 17.8 Å². The van der Waals surface area contributed by atoms with Crippen LogP contribution in [-0.2, 0) is 30.5 Å². The van der Waals surface area contributed by atoms with Crippen LogP contribution in [0.15, 0.2) is 55.1 Å². The Bertz CT molecular complexity index is 1420. The van der Waals surface area contributed by atoms with Crippen molar-refractivity contribution in [1.29, 1.82) is 0 Å². The predicted octanol–water partition coefficient (Wildman–Crippen LogP) is 5.23. The average Bonchev–Trinajstić information content (AvgIpc) is 3.12. The fourth-order valence-corrected chi connectivity index (χ4v) is 6.18. The number of aliphatic hydroxyl groups excluding tert-OH is 1. The number of benzene rings is 2. The number of hydrogen-bond donors (Lipinski definition) is 2. The molecular formula is C32H38F3N5O2. The van der Waals surface area contributed by atoms with Crippen LogP contribution in [0.3, 0.4) is 0 Å². The van der Waals surface area contributed by atoms with E-state index in [4.69, 9.17) is 10.8 Å². The number of halogens is 3. The Hall–Kier alpha value is -3.63. The van der Waals surface area contributed by atoms with Crippen LogP contribution in [0.25, 0.3) is 16.8 Å². The van der Waals surface area contributed by atoms with Crippen molar-refractivity contribution in [2.24, 2.45) is 5.92 Å². The van der Waals surface area contributed by atoms with Gasteiger partial charge in [-0.25, -0.2) is 0 Å². The molecule has 2 aliphatic heterocycles. The van der Waals surface area contributed by atoms with Crippen molar-refractivity contribution in [3.8, 4) is 11.3 Å². The van der Waals surface area contributed by atoms with Gasteiger partial charge in [0.1, 0.15) is 0 Å². The number of anilines is 1. The van der Waals surface area contributed by atoms with Gasteiger partial charge >= 0.3 is 6.18 Å². The highest BCUT2D eigenvalue weighted by atomic mass is 19.4. The topological polar surface area (TPSA) is 87.6 Å². The molecule has 2 aromatic carbocycles. The predicted molar refractivity (Wildman–Crippen MR) is 157 cm³/mol. The minimum absolute atomic E-state index is 0.0601. The Balaban J connectivity index is 1.29. The van der Waals surface area contributed by atoms with Crippen molar-refractivity contribution in [2.45, 2.75) is 58.0 Å². The Morgan fingerprint density at radius 1 is 1.10 bits per heavy atom. The molecule has 10 heteroatoms. The zero-order valence-electron chi connectivity index (χ0n) is 23.9. The molecule has 42 heavy (non-hydrogen) atoms. The second-order valence-corrected chi connectivity index (χ2v) is 11.4. The summed E-state index contributed by atoms with van der Waals surface area (Å²) in [6.07, 6.45) is -1.86. The summed E-state index contributed by atoms with van der Waals surface area (Å²) >= 11 is 0. The summed E-state index contributed by atoms with van der Waals surface area (Å²) in [4.78, 5) is 16.2. The van der Waals surface area contributed by atoms with Crippen LogP contribution in [0.1, 0.15) is 48.6 Å². The first kappa shape index (κ1) is 29.8. The molecule has 0 radical (unpaired) electrons.